The number of Topliss-reactive ketones (excluding diaryl/α,β-unsaturated/α-hetero) is 1. The third-order valence-corrected chi connectivity index (χ3v) is 14.8. The Morgan fingerprint density at radius 3 is 2.12 bits per heavy atom. The summed E-state index contributed by atoms with van der Waals surface area (Å²) in [6, 6.07) is 14.7. The smallest absolute Gasteiger partial charge is 0.408 e. The Hall–Kier alpha value is -9.17. The topological polar surface area (TPSA) is 362 Å². The predicted octanol–water partition coefficient (Wildman–Crippen LogP) is 4.53. The molecule has 3 aliphatic rings. The van der Waals surface area contributed by atoms with Crippen LogP contribution in [0.15, 0.2) is 98.1 Å². The lowest BCUT2D eigenvalue weighted by molar-refractivity contribution is -0.249. The van der Waals surface area contributed by atoms with Gasteiger partial charge < -0.3 is 80.7 Å². The number of hydrogen-bond donors (Lipinski definition) is 10. The minimum absolute atomic E-state index is 0.00704. The first-order chi connectivity index (χ1) is 41.1. The van der Waals surface area contributed by atoms with E-state index in [9.17, 15) is 63.6 Å². The summed E-state index contributed by atoms with van der Waals surface area (Å²) >= 11 is 0. The van der Waals surface area contributed by atoms with Crippen molar-refractivity contribution in [3.63, 3.8) is 0 Å². The molecule has 1 fully saturated rings. The Kier molecular flexibility index (Phi) is 21.8. The maximum atomic E-state index is 14.1. The van der Waals surface area contributed by atoms with Gasteiger partial charge in [0.25, 0.3) is 0 Å². The molecule has 86 heavy (non-hydrogen) atoms. The summed E-state index contributed by atoms with van der Waals surface area (Å²) in [5.74, 6) is -5.85. The molecule has 0 unspecified atom stereocenters. The van der Waals surface area contributed by atoms with E-state index in [2.05, 4.69) is 45.1 Å². The second-order valence-electron chi connectivity index (χ2n) is 20.9. The van der Waals surface area contributed by atoms with Crippen molar-refractivity contribution in [3.8, 4) is 17.2 Å². The van der Waals surface area contributed by atoms with Crippen molar-refractivity contribution < 1.29 is 92.0 Å². The zero-order valence-corrected chi connectivity index (χ0v) is 47.8. The summed E-state index contributed by atoms with van der Waals surface area (Å²) in [6.45, 7) is 10.8. The number of hydrogen-bond acceptors (Lipinski definition) is 19. The number of fused-ring (bicyclic) bond motifs is 3. The van der Waals surface area contributed by atoms with Gasteiger partial charge in [0.1, 0.15) is 66.9 Å². The summed E-state index contributed by atoms with van der Waals surface area (Å²) in [5, 5.41) is 62.3. The van der Waals surface area contributed by atoms with Crippen molar-refractivity contribution in [2.24, 2.45) is 0 Å². The van der Waals surface area contributed by atoms with Crippen LogP contribution in [0, 0.1) is 0 Å². The monoisotopic (exact) mass is 1190 g/mol. The van der Waals surface area contributed by atoms with Gasteiger partial charge in [0, 0.05) is 54.6 Å². The first-order valence-electron chi connectivity index (χ1n) is 27.7. The predicted molar refractivity (Wildman–Crippen MR) is 306 cm³/mol. The number of nitrogens with one attached hydrogen (secondary N) is 6. The van der Waals surface area contributed by atoms with Gasteiger partial charge in [-0.05, 0) is 69.4 Å². The molecule has 7 rings (SSSR count). The number of alkyl carbamates (subject to hydrolysis) is 3. The van der Waals surface area contributed by atoms with Crippen molar-refractivity contribution in [2.75, 3.05) is 32.2 Å². The minimum atomic E-state index is -2.19. The van der Waals surface area contributed by atoms with E-state index >= 15 is 0 Å². The van der Waals surface area contributed by atoms with Crippen LogP contribution in [0.25, 0.3) is 0 Å². The quantitative estimate of drug-likeness (QED) is 0.0166. The number of unbranched alkanes of at least 4 members (excludes halogenated alkanes) is 1. The van der Waals surface area contributed by atoms with E-state index in [1.54, 1.807) is 42.5 Å². The number of anilines is 1. The number of ketones is 3. The molecular formula is C61H70N6O19. The molecule has 2 aliphatic carbocycles. The van der Waals surface area contributed by atoms with E-state index in [1.807, 2.05) is 0 Å². The number of methoxy groups -OCH3 is 1. The van der Waals surface area contributed by atoms with Gasteiger partial charge in [-0.1, -0.05) is 79.9 Å². The zero-order valence-electron chi connectivity index (χ0n) is 47.8. The third-order valence-electron chi connectivity index (χ3n) is 14.8. The van der Waals surface area contributed by atoms with Crippen LogP contribution in [0.3, 0.4) is 0 Å². The first kappa shape index (κ1) is 64.4. The van der Waals surface area contributed by atoms with Crippen LogP contribution in [-0.4, -0.2) is 149 Å². The molecular weight excluding hydrogens is 1120 g/mol. The average molecular weight is 1190 g/mol. The van der Waals surface area contributed by atoms with E-state index < -0.39 is 143 Å². The molecule has 9 atom stereocenters. The van der Waals surface area contributed by atoms with Crippen LogP contribution in [0.1, 0.15) is 113 Å². The van der Waals surface area contributed by atoms with Crippen LogP contribution in [-0.2, 0) is 62.3 Å². The normalized spacial score (nSPS) is 20.3. The van der Waals surface area contributed by atoms with Crippen LogP contribution in [0.2, 0.25) is 0 Å². The summed E-state index contributed by atoms with van der Waals surface area (Å²) < 4.78 is 33.0. The van der Waals surface area contributed by atoms with Crippen molar-refractivity contribution in [3.05, 3.63) is 143 Å². The van der Waals surface area contributed by atoms with Gasteiger partial charge in [0.15, 0.2) is 17.9 Å². The molecule has 10 N–H and O–H groups in total. The Labute approximate surface area is 494 Å². The molecule has 458 valence electrons. The molecule has 1 aliphatic heterocycles. The third kappa shape index (κ3) is 15.6. The van der Waals surface area contributed by atoms with E-state index in [4.69, 9.17) is 28.4 Å². The molecule has 1 heterocycles. The number of aliphatic hydroxyl groups is 2. The molecule has 25 heteroatoms. The number of phenolic OH excluding ortho intramolecular Hbond substituents is 2. The van der Waals surface area contributed by atoms with Crippen LogP contribution >= 0.6 is 0 Å². The highest BCUT2D eigenvalue weighted by Crippen LogP contribution is 2.52. The lowest BCUT2D eigenvalue weighted by atomic mass is 9.72. The van der Waals surface area contributed by atoms with Crippen LogP contribution in [0.5, 0.6) is 17.2 Å². The lowest BCUT2D eigenvalue weighted by Crippen LogP contribution is -2.56. The molecule has 0 bridgehead atoms. The molecule has 25 nitrogen and oxygen atoms in total. The molecule has 1 saturated heterocycles. The molecule has 6 amide bonds. The Morgan fingerprint density at radius 2 is 1.44 bits per heavy atom. The molecule has 0 spiro atoms. The Balaban J connectivity index is 1.00. The Morgan fingerprint density at radius 1 is 0.767 bits per heavy atom. The van der Waals surface area contributed by atoms with E-state index in [0.29, 0.717) is 24.0 Å². The number of aromatic hydroxyl groups is 2. The molecule has 4 aromatic rings. The number of benzene rings is 4. The number of rotatable bonds is 25. The van der Waals surface area contributed by atoms with Gasteiger partial charge >= 0.3 is 18.3 Å². The lowest BCUT2D eigenvalue weighted by Gasteiger charge is -2.42. The second kappa shape index (κ2) is 29.1. The Bertz CT molecular complexity index is 3230. The summed E-state index contributed by atoms with van der Waals surface area (Å²) in [6.07, 6.45) is -5.36. The van der Waals surface area contributed by atoms with Gasteiger partial charge in [0.05, 0.1) is 42.0 Å². The zero-order chi connectivity index (χ0) is 62.4. The second-order valence-corrected chi connectivity index (χ2v) is 20.9. The minimum Gasteiger partial charge on any atom is -0.507 e. The highest BCUT2D eigenvalue weighted by Gasteiger charge is 2.50. The number of carbonyl (C=O) groups excluding carboxylic acids is 9. The van der Waals surface area contributed by atoms with E-state index in [0.717, 1.165) is 6.92 Å². The first-order valence-corrected chi connectivity index (χ1v) is 27.7. The number of aliphatic hydroxyl groups excluding tert-OH is 1. The maximum absolute atomic E-state index is 14.1. The molecule has 0 radical (unpaired) electrons. The van der Waals surface area contributed by atoms with E-state index in [-0.39, 0.29) is 79.3 Å². The molecule has 0 saturated carbocycles. The largest absolute Gasteiger partial charge is 0.507 e. The standard InChI is InChI=1S/C61H70N6O19/c1-7-25-82-58(77)62-24-13-12-18-40(65-57(76)42(27-35-15-10-9-11-16-35)66-55(74)32(3)63-59(78)83-26-8-2)56(75)64-37-22-20-36(21-23-37)31-84-60(79)67-41-28-45(85-33(4)50(41)69)86-44-30-61(80,34(5)68)29-39-47(44)54(73)49-48(52(39)71)51(70)38-17-14-19-43(81-6)46(38)53(49)72/h7-11,14-17,19-23,32-33,40-42,44-45,50,69,71,73,80H,1-2,12-13,18,24-31H2,3-6H3,(H,62,77)(H,63,78)(H,64,75)(H,65,76)(H,66,74)(H,67,79)/t32-,33+,40+,41+,42+,44+,45+,50-,61+/m1/s1. The van der Waals surface area contributed by atoms with Gasteiger partial charge in [-0.25, -0.2) is 14.4 Å². The van der Waals surface area contributed by atoms with Gasteiger partial charge in [-0.3, -0.25) is 28.8 Å². The van der Waals surface area contributed by atoms with E-state index in [1.165, 1.54) is 63.4 Å². The number of carbonyl (C=O) groups is 9. The summed E-state index contributed by atoms with van der Waals surface area (Å²) in [4.78, 5) is 120. The van der Waals surface area contributed by atoms with Gasteiger partial charge in [0.2, 0.25) is 23.5 Å². The van der Waals surface area contributed by atoms with Gasteiger partial charge in [-0.2, -0.15) is 0 Å². The summed E-state index contributed by atoms with van der Waals surface area (Å²) in [5.41, 5.74) is -2.45. The van der Waals surface area contributed by atoms with Crippen molar-refractivity contribution in [1.29, 1.82) is 0 Å². The fourth-order valence-corrected chi connectivity index (χ4v) is 10.2. The summed E-state index contributed by atoms with van der Waals surface area (Å²) in [7, 11) is 1.30. The highest BCUT2D eigenvalue weighted by atomic mass is 16.7. The van der Waals surface area contributed by atoms with Gasteiger partial charge in [-0.15, -0.1) is 0 Å². The van der Waals surface area contributed by atoms with Crippen molar-refractivity contribution >= 4 is 59.0 Å². The SMILES string of the molecule is C=CCOC(=O)NCCCC[C@H](NC(=O)[C@H](Cc1ccccc1)NC(=O)[C@@H](C)NC(=O)OCC=C)C(=O)Nc1ccc(COC(=O)N[C@H]2C[C@H](O[C@H]3C[C@](O)(C(C)=O)Cc4c(O)c5c(c(O)c43)C(=O)c3c(OC)cccc3C5=O)O[C@@H](C)[C@H]2O)cc1. The maximum Gasteiger partial charge on any atom is 0.408 e. The van der Waals surface area contributed by atoms with Crippen molar-refractivity contribution in [2.45, 2.75) is 127 Å². The fraction of sp³-hybridized carbons (Fsp3) is 0.393. The highest BCUT2D eigenvalue weighted by molar-refractivity contribution is 6.31. The molecule has 4 aromatic carbocycles. The number of amides is 6. The number of ether oxygens (including phenoxy) is 6. The van der Waals surface area contributed by atoms with Crippen LogP contribution < -0.4 is 36.6 Å². The fourth-order valence-electron chi connectivity index (χ4n) is 10.2. The number of phenols is 2. The molecule has 0 aromatic heterocycles. The van der Waals surface area contributed by atoms with Crippen molar-refractivity contribution in [1.82, 2.24) is 26.6 Å². The average Bonchev–Trinajstić information content (AvgIpc) is 0.726. The van der Waals surface area contributed by atoms with Crippen LogP contribution in [0.4, 0.5) is 20.1 Å².